The molecule has 0 spiro atoms. The van der Waals surface area contributed by atoms with Gasteiger partial charge >= 0.3 is 11.9 Å². The van der Waals surface area contributed by atoms with Gasteiger partial charge in [-0.05, 0) is 47.1 Å². The van der Waals surface area contributed by atoms with E-state index in [4.69, 9.17) is 25.8 Å². The number of hydrogen-bond acceptors (Lipinski definition) is 7. The summed E-state index contributed by atoms with van der Waals surface area (Å²) in [5, 5.41) is 0.648. The van der Waals surface area contributed by atoms with Crippen molar-refractivity contribution >= 4 is 50.5 Å². The number of carbonyl (C=O) groups is 2. The van der Waals surface area contributed by atoms with Crippen molar-refractivity contribution in [2.75, 3.05) is 6.61 Å². The van der Waals surface area contributed by atoms with Gasteiger partial charge in [0.1, 0.15) is 29.8 Å². The first kappa shape index (κ1) is 25.3. The van der Waals surface area contributed by atoms with Crippen LogP contribution in [0.2, 0.25) is 5.15 Å². The van der Waals surface area contributed by atoms with Gasteiger partial charge in [-0.3, -0.25) is 0 Å². The second kappa shape index (κ2) is 10.2. The van der Waals surface area contributed by atoms with Crippen molar-refractivity contribution in [2.24, 2.45) is 0 Å². The molecule has 0 N–H and O–H groups in total. The second-order valence-corrected chi connectivity index (χ2v) is 9.79. The zero-order valence-corrected chi connectivity index (χ0v) is 21.7. The molecule has 0 aliphatic carbocycles. The fourth-order valence-electron chi connectivity index (χ4n) is 4.29. The summed E-state index contributed by atoms with van der Waals surface area (Å²) in [6, 6.07) is 16.6. The molecule has 1 saturated heterocycles. The standard InChI is InChI=1S/C26H20BrClFN3O5/c1-26(29)20(37-24(34)16-10-6-3-7-11-16)18(13-35-23(33)15-8-4-2-5-9-15)36-25(26)32-12-17(27)19-21(28)30-14-31-22(19)32/h2-12,14,18,20,25H,13H2,1H3/t18-,20-,25-,26-/m1/s1. The van der Waals surface area contributed by atoms with Crippen molar-refractivity contribution in [2.45, 2.75) is 31.0 Å². The number of carbonyl (C=O) groups excluding carboxylic acids is 2. The van der Waals surface area contributed by atoms with E-state index < -0.39 is 36.0 Å². The van der Waals surface area contributed by atoms with Gasteiger partial charge in [0.25, 0.3) is 0 Å². The lowest BCUT2D eigenvalue weighted by molar-refractivity contribution is -0.0609. The summed E-state index contributed by atoms with van der Waals surface area (Å²) in [7, 11) is 0. The Balaban J connectivity index is 1.47. The first-order valence-electron chi connectivity index (χ1n) is 11.3. The number of halogens is 3. The van der Waals surface area contributed by atoms with Crippen LogP contribution in [0.3, 0.4) is 0 Å². The van der Waals surface area contributed by atoms with Crippen molar-refractivity contribution in [3.8, 4) is 0 Å². The molecule has 8 nitrogen and oxygen atoms in total. The molecule has 1 aliphatic heterocycles. The number of benzene rings is 2. The minimum absolute atomic E-state index is 0.176. The maximum Gasteiger partial charge on any atom is 0.338 e. The van der Waals surface area contributed by atoms with Crippen LogP contribution in [0.25, 0.3) is 11.0 Å². The summed E-state index contributed by atoms with van der Waals surface area (Å²) >= 11 is 9.65. The van der Waals surface area contributed by atoms with E-state index in [-0.39, 0.29) is 17.3 Å². The van der Waals surface area contributed by atoms with E-state index in [1.165, 1.54) is 17.8 Å². The average molecular weight is 589 g/mol. The van der Waals surface area contributed by atoms with Crippen LogP contribution in [0.4, 0.5) is 4.39 Å². The lowest BCUT2D eigenvalue weighted by Gasteiger charge is -2.28. The van der Waals surface area contributed by atoms with Crippen LogP contribution in [0.1, 0.15) is 33.9 Å². The third-order valence-corrected chi connectivity index (χ3v) is 6.97. The smallest absolute Gasteiger partial charge is 0.338 e. The van der Waals surface area contributed by atoms with E-state index >= 15 is 4.39 Å². The Morgan fingerprint density at radius 3 is 2.35 bits per heavy atom. The summed E-state index contributed by atoms with van der Waals surface area (Å²) in [6.45, 7) is 0.911. The van der Waals surface area contributed by atoms with Gasteiger partial charge in [0, 0.05) is 10.7 Å². The van der Waals surface area contributed by atoms with Gasteiger partial charge in [-0.25, -0.2) is 23.9 Å². The first-order valence-corrected chi connectivity index (χ1v) is 12.4. The molecule has 0 amide bonds. The summed E-state index contributed by atoms with van der Waals surface area (Å²) in [4.78, 5) is 33.7. The molecule has 37 heavy (non-hydrogen) atoms. The van der Waals surface area contributed by atoms with Crippen molar-refractivity contribution in [3.63, 3.8) is 0 Å². The summed E-state index contributed by atoms with van der Waals surface area (Å²) < 4.78 is 35.7. The molecular weight excluding hydrogens is 569 g/mol. The highest BCUT2D eigenvalue weighted by Crippen LogP contribution is 2.46. The monoisotopic (exact) mass is 587 g/mol. The van der Waals surface area contributed by atoms with Gasteiger partial charge in [-0.1, -0.05) is 48.0 Å². The molecule has 0 saturated carbocycles. The highest BCUT2D eigenvalue weighted by molar-refractivity contribution is 9.10. The Kier molecular flexibility index (Phi) is 6.98. The minimum Gasteiger partial charge on any atom is -0.459 e. The van der Waals surface area contributed by atoms with Gasteiger partial charge in [-0.15, -0.1) is 0 Å². The van der Waals surface area contributed by atoms with E-state index in [1.54, 1.807) is 66.9 Å². The predicted octanol–water partition coefficient (Wildman–Crippen LogP) is 5.56. The SMILES string of the molecule is C[C@@]1(F)[C@H](OC(=O)c2ccccc2)[C@@H](COC(=O)c2ccccc2)O[C@H]1n1cc(Br)c2c(Cl)ncnc21. The zero-order valence-electron chi connectivity index (χ0n) is 19.4. The van der Waals surface area contributed by atoms with Crippen LogP contribution >= 0.6 is 27.5 Å². The molecule has 2 aromatic heterocycles. The van der Waals surface area contributed by atoms with Gasteiger partial charge in [0.15, 0.2) is 18.0 Å². The van der Waals surface area contributed by atoms with Crippen LogP contribution in [0.15, 0.2) is 77.7 Å². The van der Waals surface area contributed by atoms with Gasteiger partial charge in [0.2, 0.25) is 0 Å². The van der Waals surface area contributed by atoms with Crippen molar-refractivity contribution in [1.29, 1.82) is 0 Å². The van der Waals surface area contributed by atoms with Gasteiger partial charge in [0.05, 0.1) is 16.5 Å². The van der Waals surface area contributed by atoms with E-state index in [9.17, 15) is 9.59 Å². The van der Waals surface area contributed by atoms with E-state index in [1.807, 2.05) is 0 Å². The normalized spacial score (nSPS) is 23.2. The van der Waals surface area contributed by atoms with Crippen molar-refractivity contribution in [3.05, 3.63) is 93.9 Å². The molecule has 190 valence electrons. The first-order chi connectivity index (χ1) is 17.8. The Morgan fingerprint density at radius 2 is 1.70 bits per heavy atom. The van der Waals surface area contributed by atoms with Gasteiger partial charge < -0.3 is 18.8 Å². The largest absolute Gasteiger partial charge is 0.459 e. The van der Waals surface area contributed by atoms with E-state index in [2.05, 4.69) is 25.9 Å². The van der Waals surface area contributed by atoms with Crippen LogP contribution in [0, 0.1) is 0 Å². The molecule has 3 heterocycles. The maximum absolute atomic E-state index is 16.6. The quantitative estimate of drug-likeness (QED) is 0.215. The Hall–Kier alpha value is -3.34. The van der Waals surface area contributed by atoms with Crippen LogP contribution < -0.4 is 0 Å². The van der Waals surface area contributed by atoms with Crippen LogP contribution in [-0.4, -0.2) is 51.0 Å². The summed E-state index contributed by atoms with van der Waals surface area (Å²) in [5.74, 6) is -1.35. The molecule has 0 bridgehead atoms. The third-order valence-electron chi connectivity index (χ3n) is 6.08. The number of nitrogens with zero attached hydrogens (tertiary/aromatic N) is 3. The molecular formula is C26H20BrClFN3O5. The average Bonchev–Trinajstić information content (AvgIpc) is 3.37. The summed E-state index contributed by atoms with van der Waals surface area (Å²) in [5.41, 5.74) is -1.37. The maximum atomic E-state index is 16.6. The molecule has 0 unspecified atom stereocenters. The molecule has 11 heteroatoms. The van der Waals surface area contributed by atoms with Crippen molar-refractivity contribution < 1.29 is 28.2 Å². The number of esters is 2. The zero-order chi connectivity index (χ0) is 26.2. The highest BCUT2D eigenvalue weighted by atomic mass is 79.9. The number of aromatic nitrogens is 3. The second-order valence-electron chi connectivity index (χ2n) is 8.58. The number of hydrogen-bond donors (Lipinski definition) is 0. The fourth-order valence-corrected chi connectivity index (χ4v) is 5.22. The van der Waals surface area contributed by atoms with Gasteiger partial charge in [-0.2, -0.15) is 0 Å². The fraction of sp³-hybridized carbons (Fsp3) is 0.231. The van der Waals surface area contributed by atoms with Crippen molar-refractivity contribution in [1.82, 2.24) is 14.5 Å². The Labute approximate surface area is 224 Å². The molecule has 5 rings (SSSR count). The molecule has 4 atom stereocenters. The number of fused-ring (bicyclic) bond motifs is 1. The number of ether oxygens (including phenoxy) is 3. The van der Waals surface area contributed by atoms with Crippen LogP contribution in [-0.2, 0) is 14.2 Å². The summed E-state index contributed by atoms with van der Waals surface area (Å²) in [6.07, 6.45) is -0.996. The lowest BCUT2D eigenvalue weighted by atomic mass is 9.98. The molecule has 0 radical (unpaired) electrons. The molecule has 1 aliphatic rings. The number of rotatable bonds is 6. The van der Waals surface area contributed by atoms with Crippen LogP contribution in [0.5, 0.6) is 0 Å². The molecule has 1 fully saturated rings. The third kappa shape index (κ3) is 4.84. The minimum atomic E-state index is -2.25. The highest BCUT2D eigenvalue weighted by Gasteiger charge is 2.58. The molecule has 4 aromatic rings. The number of alkyl halides is 1. The predicted molar refractivity (Wildman–Crippen MR) is 136 cm³/mol. The Bertz CT molecular complexity index is 1450. The topological polar surface area (TPSA) is 92.5 Å². The van der Waals surface area contributed by atoms with E-state index in [0.717, 1.165) is 0 Å². The Morgan fingerprint density at radius 1 is 1.08 bits per heavy atom. The molecule has 2 aromatic carbocycles. The lowest BCUT2D eigenvalue weighted by Crippen LogP contribution is -2.44. The van der Waals surface area contributed by atoms with E-state index in [0.29, 0.717) is 21.1 Å².